The lowest BCUT2D eigenvalue weighted by molar-refractivity contribution is -0.139. The lowest BCUT2D eigenvalue weighted by atomic mass is 9.94. The van der Waals surface area contributed by atoms with Crippen molar-refractivity contribution in [1.82, 2.24) is 20.4 Å². The van der Waals surface area contributed by atoms with Crippen molar-refractivity contribution in [1.29, 1.82) is 0 Å². The van der Waals surface area contributed by atoms with Crippen molar-refractivity contribution >= 4 is 18.1 Å². The van der Waals surface area contributed by atoms with Gasteiger partial charge < -0.3 is 25.0 Å². The van der Waals surface area contributed by atoms with Gasteiger partial charge in [-0.25, -0.2) is 14.4 Å². The molecule has 0 spiro atoms. The average Bonchev–Trinajstić information content (AvgIpc) is 2.74. The maximum Gasteiger partial charge on any atom is 0.409 e. The molecule has 2 aliphatic rings. The van der Waals surface area contributed by atoms with Crippen LogP contribution in [0.15, 0.2) is 35.5 Å². The minimum absolute atomic E-state index is 0.238. The van der Waals surface area contributed by atoms with Crippen molar-refractivity contribution < 1.29 is 23.9 Å². The molecule has 0 aromatic heterocycles. The quantitative estimate of drug-likeness (QED) is 0.669. The van der Waals surface area contributed by atoms with E-state index < -0.39 is 12.0 Å². The number of piperazine rings is 1. The zero-order valence-corrected chi connectivity index (χ0v) is 18.3. The van der Waals surface area contributed by atoms with Gasteiger partial charge in [-0.1, -0.05) is 29.8 Å². The third kappa shape index (κ3) is 5.55. The summed E-state index contributed by atoms with van der Waals surface area (Å²) in [6.45, 7) is 8.73. The fourth-order valence-corrected chi connectivity index (χ4v) is 3.73. The maximum absolute atomic E-state index is 12.9. The monoisotopic (exact) mass is 430 g/mol. The third-order valence-electron chi connectivity index (χ3n) is 5.34. The molecule has 0 unspecified atom stereocenters. The van der Waals surface area contributed by atoms with Crippen molar-refractivity contribution in [2.75, 3.05) is 45.9 Å². The number of rotatable bonds is 6. The number of nitrogens with zero attached hydrogens (tertiary/aromatic N) is 2. The second-order valence-electron chi connectivity index (χ2n) is 7.52. The Bertz CT molecular complexity index is 844. The summed E-state index contributed by atoms with van der Waals surface area (Å²) in [5, 5.41) is 5.65. The summed E-state index contributed by atoms with van der Waals surface area (Å²) in [6.07, 6.45) is -0.316. The highest BCUT2D eigenvalue weighted by Gasteiger charge is 2.35. The van der Waals surface area contributed by atoms with E-state index in [1.165, 1.54) is 0 Å². The molecular formula is C22H30N4O5. The Kier molecular flexibility index (Phi) is 7.51. The fourth-order valence-electron chi connectivity index (χ4n) is 3.73. The van der Waals surface area contributed by atoms with Crippen LogP contribution in [0.25, 0.3) is 0 Å². The lowest BCUT2D eigenvalue weighted by Gasteiger charge is -2.36. The van der Waals surface area contributed by atoms with Crippen LogP contribution < -0.4 is 10.6 Å². The van der Waals surface area contributed by atoms with Crippen LogP contribution in [-0.2, 0) is 14.3 Å². The van der Waals surface area contributed by atoms with Gasteiger partial charge in [-0.15, -0.1) is 0 Å². The Labute approximate surface area is 182 Å². The summed E-state index contributed by atoms with van der Waals surface area (Å²) in [6, 6.07) is 6.74. The summed E-state index contributed by atoms with van der Waals surface area (Å²) in [7, 11) is 0. The minimum Gasteiger partial charge on any atom is -0.463 e. The van der Waals surface area contributed by atoms with E-state index in [1.807, 2.05) is 31.2 Å². The van der Waals surface area contributed by atoms with Crippen LogP contribution in [0.5, 0.6) is 0 Å². The van der Waals surface area contributed by atoms with Gasteiger partial charge in [-0.3, -0.25) is 4.90 Å². The van der Waals surface area contributed by atoms with Gasteiger partial charge in [0, 0.05) is 38.4 Å². The summed E-state index contributed by atoms with van der Waals surface area (Å²) in [5.74, 6) is -0.458. The van der Waals surface area contributed by atoms with Gasteiger partial charge in [0.1, 0.15) is 0 Å². The highest BCUT2D eigenvalue weighted by Crippen LogP contribution is 2.28. The molecule has 2 N–H and O–H groups in total. The van der Waals surface area contributed by atoms with Crippen molar-refractivity contribution in [3.8, 4) is 0 Å². The molecule has 1 atom stereocenters. The molecule has 9 heteroatoms. The molecule has 3 amide bonds. The standard InChI is InChI=1S/C22H30N4O5/c1-4-30-20(27)18-17(14-25-10-12-26(13-11-25)22(29)31-5-2)23-21(28)24-19(18)16-8-6-15(3)7-9-16/h6-9,19H,4-5,10-14H2,1-3H3,(H2,23,24,28)/t19-/m0/s1. The largest absolute Gasteiger partial charge is 0.463 e. The first-order valence-corrected chi connectivity index (χ1v) is 10.6. The Morgan fingerprint density at radius 3 is 2.29 bits per heavy atom. The number of carbonyl (C=O) groups is 3. The van der Waals surface area contributed by atoms with Gasteiger partial charge in [0.25, 0.3) is 0 Å². The smallest absolute Gasteiger partial charge is 0.409 e. The number of hydrogen-bond donors (Lipinski definition) is 2. The van der Waals surface area contributed by atoms with Gasteiger partial charge in [0.15, 0.2) is 0 Å². The van der Waals surface area contributed by atoms with E-state index in [0.717, 1.165) is 11.1 Å². The molecule has 1 aromatic rings. The van der Waals surface area contributed by atoms with E-state index in [1.54, 1.807) is 18.7 Å². The maximum atomic E-state index is 12.9. The molecule has 2 aliphatic heterocycles. The van der Waals surface area contributed by atoms with Crippen LogP contribution in [0.4, 0.5) is 9.59 Å². The molecule has 1 aromatic carbocycles. The number of aryl methyl sites for hydroxylation is 1. The van der Waals surface area contributed by atoms with E-state index in [9.17, 15) is 14.4 Å². The number of amides is 3. The van der Waals surface area contributed by atoms with Crippen LogP contribution in [0.1, 0.15) is 31.0 Å². The fraction of sp³-hybridized carbons (Fsp3) is 0.500. The van der Waals surface area contributed by atoms with E-state index >= 15 is 0 Å². The van der Waals surface area contributed by atoms with Gasteiger partial charge in [-0.2, -0.15) is 0 Å². The van der Waals surface area contributed by atoms with Crippen molar-refractivity contribution in [3.05, 3.63) is 46.7 Å². The minimum atomic E-state index is -0.593. The summed E-state index contributed by atoms with van der Waals surface area (Å²) in [5.41, 5.74) is 2.83. The van der Waals surface area contributed by atoms with E-state index in [-0.39, 0.29) is 18.7 Å². The molecule has 1 saturated heterocycles. The highest BCUT2D eigenvalue weighted by molar-refractivity contribution is 5.95. The van der Waals surface area contributed by atoms with Gasteiger partial charge in [-0.05, 0) is 26.3 Å². The molecule has 3 rings (SSSR count). The summed E-state index contributed by atoms with van der Waals surface area (Å²) in [4.78, 5) is 41.0. The molecule has 31 heavy (non-hydrogen) atoms. The van der Waals surface area contributed by atoms with Gasteiger partial charge >= 0.3 is 18.1 Å². The molecule has 2 heterocycles. The van der Waals surface area contributed by atoms with Gasteiger partial charge in [0.05, 0.1) is 24.8 Å². The van der Waals surface area contributed by atoms with E-state index in [0.29, 0.717) is 50.6 Å². The van der Waals surface area contributed by atoms with Gasteiger partial charge in [0.2, 0.25) is 0 Å². The molecule has 0 bridgehead atoms. The van der Waals surface area contributed by atoms with Crippen LogP contribution in [0, 0.1) is 6.92 Å². The first-order valence-electron chi connectivity index (χ1n) is 10.6. The number of hydrogen-bond acceptors (Lipinski definition) is 6. The van der Waals surface area contributed by atoms with Crippen molar-refractivity contribution in [2.24, 2.45) is 0 Å². The number of ether oxygens (including phenoxy) is 2. The highest BCUT2D eigenvalue weighted by atomic mass is 16.6. The molecule has 0 aliphatic carbocycles. The predicted molar refractivity (Wildman–Crippen MR) is 114 cm³/mol. The third-order valence-corrected chi connectivity index (χ3v) is 5.34. The van der Waals surface area contributed by atoms with Crippen molar-refractivity contribution in [3.63, 3.8) is 0 Å². The molecular weight excluding hydrogens is 400 g/mol. The Morgan fingerprint density at radius 1 is 1.03 bits per heavy atom. The molecule has 9 nitrogen and oxygen atoms in total. The molecule has 0 radical (unpaired) electrons. The number of esters is 1. The van der Waals surface area contributed by atoms with Crippen LogP contribution in [-0.4, -0.2) is 73.8 Å². The van der Waals surface area contributed by atoms with E-state index in [4.69, 9.17) is 9.47 Å². The SMILES string of the molecule is CCOC(=O)C1=C(CN2CCN(C(=O)OCC)CC2)NC(=O)N[C@H]1c1ccc(C)cc1. The van der Waals surface area contributed by atoms with Crippen LogP contribution in [0.2, 0.25) is 0 Å². The molecule has 168 valence electrons. The Balaban J connectivity index is 1.82. The summed E-state index contributed by atoms with van der Waals surface area (Å²) < 4.78 is 10.4. The molecule has 1 fully saturated rings. The summed E-state index contributed by atoms with van der Waals surface area (Å²) >= 11 is 0. The normalized spacial score (nSPS) is 19.5. The Hall–Kier alpha value is -3.07. The predicted octanol–water partition coefficient (Wildman–Crippen LogP) is 1.94. The number of carbonyl (C=O) groups excluding carboxylic acids is 3. The number of benzene rings is 1. The number of nitrogens with one attached hydrogen (secondary N) is 2. The second-order valence-corrected chi connectivity index (χ2v) is 7.52. The topological polar surface area (TPSA) is 100 Å². The zero-order valence-electron chi connectivity index (χ0n) is 18.3. The molecule has 0 saturated carbocycles. The second kappa shape index (κ2) is 10.3. The van der Waals surface area contributed by atoms with E-state index in [2.05, 4.69) is 15.5 Å². The van der Waals surface area contributed by atoms with Crippen molar-refractivity contribution in [2.45, 2.75) is 26.8 Å². The van der Waals surface area contributed by atoms with Crippen LogP contribution in [0.3, 0.4) is 0 Å². The number of urea groups is 1. The zero-order chi connectivity index (χ0) is 22.4. The average molecular weight is 431 g/mol. The Morgan fingerprint density at radius 2 is 1.68 bits per heavy atom. The van der Waals surface area contributed by atoms with Crippen LogP contribution >= 0.6 is 0 Å². The lowest BCUT2D eigenvalue weighted by Crippen LogP contribution is -2.52. The first-order chi connectivity index (χ1) is 14.9. The first kappa shape index (κ1) is 22.6.